The number of hydrogen-bond donors (Lipinski definition) is 0. The van der Waals surface area contributed by atoms with Gasteiger partial charge in [-0.2, -0.15) is 0 Å². The third kappa shape index (κ3) is 5.64. The number of ether oxygens (including phenoxy) is 3. The summed E-state index contributed by atoms with van der Waals surface area (Å²) in [5.74, 6) is 5.33. The van der Waals surface area contributed by atoms with E-state index in [2.05, 4.69) is 36.1 Å². The van der Waals surface area contributed by atoms with E-state index in [1.807, 2.05) is 54.6 Å². The van der Waals surface area contributed by atoms with Gasteiger partial charge in [-0.1, -0.05) is 54.3 Å². The van der Waals surface area contributed by atoms with E-state index in [0.29, 0.717) is 11.3 Å². The van der Waals surface area contributed by atoms with Crippen molar-refractivity contribution in [3.63, 3.8) is 0 Å². The third-order valence-corrected chi connectivity index (χ3v) is 8.45. The smallest absolute Gasteiger partial charge is 0.345 e. The van der Waals surface area contributed by atoms with Gasteiger partial charge in [0.25, 0.3) is 0 Å². The zero-order chi connectivity index (χ0) is 27.4. The van der Waals surface area contributed by atoms with Crippen molar-refractivity contribution < 1.29 is 23.8 Å². The number of esters is 2. The first-order valence-corrected chi connectivity index (χ1v) is 13.7. The summed E-state index contributed by atoms with van der Waals surface area (Å²) < 4.78 is 18.8. The van der Waals surface area contributed by atoms with Gasteiger partial charge in [0.1, 0.15) is 0 Å². The molecular formula is C33H27O5S+. The summed E-state index contributed by atoms with van der Waals surface area (Å²) in [6, 6.07) is 31.2. The molecule has 0 saturated heterocycles. The molecule has 0 amide bonds. The first-order chi connectivity index (χ1) is 18.9. The first kappa shape index (κ1) is 26.0. The van der Waals surface area contributed by atoms with E-state index in [1.54, 1.807) is 39.2 Å². The highest BCUT2D eigenvalue weighted by atomic mass is 32.2. The SMILES string of the molecule is COc1ccc(C(=O)OCC(=O)OC(C)(C)C#Cc2ccccc2)cc1-[s+]1c2ccccc2c2ccccc21. The minimum absolute atomic E-state index is 0.330. The van der Waals surface area contributed by atoms with Gasteiger partial charge in [-0.05, 0) is 62.4 Å². The second kappa shape index (κ2) is 11.0. The average molecular weight is 536 g/mol. The number of carbonyl (C=O) groups is 2. The predicted molar refractivity (Wildman–Crippen MR) is 156 cm³/mol. The molecule has 1 aromatic heterocycles. The Hall–Kier alpha value is -4.60. The number of hydrogen-bond acceptors (Lipinski definition) is 5. The molecule has 5 aromatic rings. The topological polar surface area (TPSA) is 61.8 Å². The van der Waals surface area contributed by atoms with E-state index in [9.17, 15) is 9.59 Å². The molecule has 0 bridgehead atoms. The number of rotatable bonds is 6. The van der Waals surface area contributed by atoms with Gasteiger partial charge in [0.15, 0.2) is 27.4 Å². The Kier molecular flexibility index (Phi) is 7.36. The zero-order valence-electron chi connectivity index (χ0n) is 21.9. The summed E-state index contributed by atoms with van der Waals surface area (Å²) in [6.07, 6.45) is 0. The Morgan fingerprint density at radius 1 is 0.821 bits per heavy atom. The van der Waals surface area contributed by atoms with Crippen molar-refractivity contribution in [1.29, 1.82) is 0 Å². The van der Waals surface area contributed by atoms with Gasteiger partial charge in [0, 0.05) is 32.9 Å². The Morgan fingerprint density at radius 3 is 2.08 bits per heavy atom. The van der Waals surface area contributed by atoms with Crippen LogP contribution in [0.15, 0.2) is 97.1 Å². The lowest BCUT2D eigenvalue weighted by atomic mass is 10.1. The fraction of sp³-hybridized carbons (Fsp3) is 0.152. The Morgan fingerprint density at radius 2 is 1.44 bits per heavy atom. The molecule has 0 fully saturated rings. The van der Waals surface area contributed by atoms with E-state index in [-0.39, 0.29) is 0 Å². The number of fused-ring (bicyclic) bond motifs is 3. The van der Waals surface area contributed by atoms with Crippen LogP contribution in [0.4, 0.5) is 0 Å². The number of thiophene rings is 1. The summed E-state index contributed by atoms with van der Waals surface area (Å²) in [4.78, 5) is 26.3. The lowest BCUT2D eigenvalue weighted by Crippen LogP contribution is -2.29. The van der Waals surface area contributed by atoms with E-state index >= 15 is 0 Å². The second-order valence-corrected chi connectivity index (χ2v) is 11.3. The Labute approximate surface area is 229 Å². The molecule has 4 aromatic carbocycles. The molecule has 6 heteroatoms. The van der Waals surface area contributed by atoms with E-state index < -0.39 is 34.6 Å². The van der Waals surface area contributed by atoms with Crippen molar-refractivity contribution >= 4 is 42.6 Å². The van der Waals surface area contributed by atoms with Crippen LogP contribution in [0.2, 0.25) is 0 Å². The minimum Gasteiger partial charge on any atom is -0.491 e. The fourth-order valence-corrected chi connectivity index (χ4v) is 6.88. The number of benzene rings is 4. The quantitative estimate of drug-likeness (QED) is 0.130. The second-order valence-electron chi connectivity index (χ2n) is 9.34. The Bertz CT molecular complexity index is 1690. The molecule has 0 N–H and O–H groups in total. The van der Waals surface area contributed by atoms with Gasteiger partial charge in [0.05, 0.1) is 12.7 Å². The van der Waals surface area contributed by atoms with Crippen LogP contribution in [0.3, 0.4) is 0 Å². The zero-order valence-corrected chi connectivity index (χ0v) is 22.7. The molecule has 39 heavy (non-hydrogen) atoms. The fourth-order valence-electron chi connectivity index (χ4n) is 4.34. The van der Waals surface area contributed by atoms with Crippen LogP contribution in [0.25, 0.3) is 25.1 Å². The molecule has 0 unspecified atom stereocenters. The molecule has 1 heterocycles. The Balaban J connectivity index is 1.36. The molecule has 0 spiro atoms. The van der Waals surface area contributed by atoms with Crippen LogP contribution in [-0.4, -0.2) is 31.3 Å². The number of carbonyl (C=O) groups excluding carboxylic acids is 2. The minimum atomic E-state index is -1.04. The third-order valence-electron chi connectivity index (χ3n) is 6.10. The van der Waals surface area contributed by atoms with Crippen molar-refractivity contribution in [2.45, 2.75) is 19.4 Å². The highest BCUT2D eigenvalue weighted by Gasteiger charge is 2.28. The lowest BCUT2D eigenvalue weighted by Gasteiger charge is -2.18. The molecule has 0 aliphatic rings. The first-order valence-electron chi connectivity index (χ1n) is 12.4. The van der Waals surface area contributed by atoms with Gasteiger partial charge < -0.3 is 14.2 Å². The average Bonchev–Trinajstić information content (AvgIpc) is 3.29. The molecule has 0 radical (unpaired) electrons. The van der Waals surface area contributed by atoms with E-state index in [4.69, 9.17) is 14.2 Å². The summed E-state index contributed by atoms with van der Waals surface area (Å²) in [5.41, 5.74) is 0.101. The molecule has 0 atom stereocenters. The van der Waals surface area contributed by atoms with Crippen LogP contribution >= 0.6 is 10.5 Å². The highest BCUT2D eigenvalue weighted by Crippen LogP contribution is 2.51. The van der Waals surface area contributed by atoms with Crippen molar-refractivity contribution in [3.05, 3.63) is 108 Å². The normalized spacial score (nSPS) is 11.1. The largest absolute Gasteiger partial charge is 0.491 e. The van der Waals surface area contributed by atoms with E-state index in [0.717, 1.165) is 10.5 Å². The standard InChI is InChI=1S/C33H27O5S/c1-33(2,20-19-23-11-5-4-6-12-23)38-31(34)22-37-32(35)24-17-18-27(36-3)30(21-24)39-28-15-9-7-13-25(28)26-14-8-10-16-29(26)39/h4-18,21H,22H2,1-3H3/q+1. The summed E-state index contributed by atoms with van der Waals surface area (Å²) >= 11 is 0. The maximum Gasteiger partial charge on any atom is 0.345 e. The van der Waals surface area contributed by atoms with Gasteiger partial charge in [0.2, 0.25) is 4.90 Å². The molecule has 0 aliphatic heterocycles. The summed E-state index contributed by atoms with van der Waals surface area (Å²) in [6.45, 7) is 2.86. The van der Waals surface area contributed by atoms with Crippen LogP contribution < -0.4 is 4.74 Å². The number of methoxy groups -OCH3 is 1. The van der Waals surface area contributed by atoms with E-state index in [1.165, 1.54) is 20.2 Å². The molecule has 194 valence electrons. The van der Waals surface area contributed by atoms with Crippen molar-refractivity contribution in [1.82, 2.24) is 0 Å². The maximum absolute atomic E-state index is 13.0. The summed E-state index contributed by atoms with van der Waals surface area (Å²) in [7, 11) is 1.15. The van der Waals surface area contributed by atoms with Gasteiger partial charge in [-0.15, -0.1) is 0 Å². The highest BCUT2D eigenvalue weighted by molar-refractivity contribution is 7.50. The molecule has 5 nitrogen and oxygen atoms in total. The van der Waals surface area contributed by atoms with Crippen molar-refractivity contribution in [2.75, 3.05) is 13.7 Å². The lowest BCUT2D eigenvalue weighted by molar-refractivity contribution is -0.155. The van der Waals surface area contributed by atoms with Crippen molar-refractivity contribution in [3.8, 4) is 22.5 Å². The molecule has 0 saturated carbocycles. The van der Waals surface area contributed by atoms with Crippen molar-refractivity contribution in [2.24, 2.45) is 0 Å². The molecule has 0 aliphatic carbocycles. The van der Waals surface area contributed by atoms with Crippen LogP contribution in [0, 0.1) is 11.8 Å². The predicted octanol–water partition coefficient (Wildman–Crippen LogP) is 7.27. The molecule has 5 rings (SSSR count). The molecular weight excluding hydrogens is 508 g/mol. The van der Waals surface area contributed by atoms with Gasteiger partial charge in [-0.25, -0.2) is 9.59 Å². The van der Waals surface area contributed by atoms with Gasteiger partial charge >= 0.3 is 11.9 Å². The van der Waals surface area contributed by atoms with Crippen LogP contribution in [0.1, 0.15) is 29.8 Å². The maximum atomic E-state index is 13.0. The van der Waals surface area contributed by atoms with Gasteiger partial charge in [-0.3, -0.25) is 0 Å². The summed E-state index contributed by atoms with van der Waals surface area (Å²) in [5, 5.41) is 2.35. The van der Waals surface area contributed by atoms with Crippen LogP contribution in [0.5, 0.6) is 5.75 Å². The monoisotopic (exact) mass is 535 g/mol. The van der Waals surface area contributed by atoms with Crippen LogP contribution in [-0.2, 0) is 14.3 Å².